The molecule has 2 aromatic rings. The Morgan fingerprint density at radius 2 is 1.65 bits per heavy atom. The van der Waals surface area contributed by atoms with Gasteiger partial charge in [0.05, 0.1) is 11.9 Å². The van der Waals surface area contributed by atoms with Crippen LogP contribution in [0.5, 0.6) is 0 Å². The molecule has 0 heterocycles. The molecule has 0 spiro atoms. The molecule has 2 rings (SSSR count). The molecule has 0 fully saturated rings. The number of benzene rings is 2. The largest absolute Gasteiger partial charge is 0.350 e. The number of carbonyl (C=O) groups is 2. The molecular weight excluding hydrogens is 504 g/mol. The van der Waals surface area contributed by atoms with Crippen LogP contribution >= 0.6 is 23.2 Å². The van der Waals surface area contributed by atoms with Gasteiger partial charge in [-0.2, -0.15) is 0 Å². The van der Waals surface area contributed by atoms with Crippen LogP contribution in [0, 0.1) is 5.82 Å². The highest BCUT2D eigenvalue weighted by Crippen LogP contribution is 2.27. The zero-order valence-electron chi connectivity index (χ0n) is 19.6. The smallest absolute Gasteiger partial charge is 0.244 e. The van der Waals surface area contributed by atoms with Crippen molar-refractivity contribution in [1.82, 2.24) is 10.2 Å². The minimum absolute atomic E-state index is 0.0889. The molecule has 2 aromatic carbocycles. The van der Waals surface area contributed by atoms with E-state index in [0.29, 0.717) is 0 Å². The van der Waals surface area contributed by atoms with Crippen LogP contribution in [-0.2, 0) is 26.2 Å². The summed E-state index contributed by atoms with van der Waals surface area (Å²) in [5, 5.41) is 3.16. The molecule has 0 saturated carbocycles. The molecular formula is C23H28Cl2FN3O4S. The lowest BCUT2D eigenvalue weighted by molar-refractivity contribution is -0.140. The van der Waals surface area contributed by atoms with E-state index >= 15 is 0 Å². The molecule has 1 unspecified atom stereocenters. The Morgan fingerprint density at radius 1 is 1.09 bits per heavy atom. The summed E-state index contributed by atoms with van der Waals surface area (Å²) in [6.07, 6.45) is 0.937. The number of sulfonamides is 1. The van der Waals surface area contributed by atoms with Crippen LogP contribution in [0.25, 0.3) is 0 Å². The van der Waals surface area contributed by atoms with E-state index in [4.69, 9.17) is 23.2 Å². The van der Waals surface area contributed by atoms with Gasteiger partial charge in [0.2, 0.25) is 21.8 Å². The van der Waals surface area contributed by atoms with Gasteiger partial charge in [-0.15, -0.1) is 0 Å². The number of hydrogen-bond acceptors (Lipinski definition) is 4. The summed E-state index contributed by atoms with van der Waals surface area (Å²) in [7, 11) is -3.94. The van der Waals surface area contributed by atoms with Gasteiger partial charge in [-0.1, -0.05) is 41.4 Å². The lowest BCUT2D eigenvalue weighted by Gasteiger charge is -2.33. The Hall–Kier alpha value is -2.36. The first-order chi connectivity index (χ1) is 15.6. The van der Waals surface area contributed by atoms with E-state index in [-0.39, 0.29) is 27.8 Å². The number of carbonyl (C=O) groups excluding carboxylic acids is 2. The van der Waals surface area contributed by atoms with E-state index in [2.05, 4.69) is 5.32 Å². The summed E-state index contributed by atoms with van der Waals surface area (Å²) in [5.74, 6) is -1.72. The van der Waals surface area contributed by atoms with E-state index in [9.17, 15) is 22.4 Å². The standard InChI is InChI=1S/C23H28Cl2FN3O4S/c1-15(22(31)27-23(2,3)4)28(13-16-8-6-7-9-20(16)26)21(30)14-29(34(5,32)33)19-11-17(24)10-18(25)12-19/h6-12,15H,13-14H2,1-5H3,(H,27,31). The number of nitrogens with one attached hydrogen (secondary N) is 1. The van der Waals surface area contributed by atoms with Gasteiger partial charge in [0.25, 0.3) is 0 Å². The molecule has 0 saturated heterocycles. The first kappa shape index (κ1) is 27.9. The van der Waals surface area contributed by atoms with Gasteiger partial charge in [-0.05, 0) is 52.0 Å². The maximum Gasteiger partial charge on any atom is 0.244 e. The van der Waals surface area contributed by atoms with Crippen molar-refractivity contribution in [3.63, 3.8) is 0 Å². The Bertz CT molecular complexity index is 1150. The third-order valence-electron chi connectivity index (χ3n) is 4.78. The molecule has 0 bridgehead atoms. The van der Waals surface area contributed by atoms with Crippen molar-refractivity contribution in [3.05, 3.63) is 63.9 Å². The van der Waals surface area contributed by atoms with Crippen LogP contribution in [0.15, 0.2) is 42.5 Å². The fourth-order valence-electron chi connectivity index (χ4n) is 3.16. The SMILES string of the molecule is CC(C(=O)NC(C)(C)C)N(Cc1ccccc1F)C(=O)CN(c1cc(Cl)cc(Cl)c1)S(C)(=O)=O. The highest BCUT2D eigenvalue weighted by molar-refractivity contribution is 7.92. The maximum absolute atomic E-state index is 14.4. The number of anilines is 1. The van der Waals surface area contributed by atoms with Crippen LogP contribution in [0.2, 0.25) is 10.0 Å². The van der Waals surface area contributed by atoms with Gasteiger partial charge >= 0.3 is 0 Å². The van der Waals surface area contributed by atoms with Gasteiger partial charge in [0, 0.05) is 27.7 Å². The van der Waals surface area contributed by atoms with Crippen molar-refractivity contribution in [3.8, 4) is 0 Å². The Labute approximate surface area is 209 Å². The molecule has 0 aliphatic rings. The summed E-state index contributed by atoms with van der Waals surface area (Å²) >= 11 is 12.1. The van der Waals surface area contributed by atoms with Crippen molar-refractivity contribution < 1.29 is 22.4 Å². The van der Waals surface area contributed by atoms with E-state index < -0.39 is 45.8 Å². The van der Waals surface area contributed by atoms with Crippen LogP contribution < -0.4 is 9.62 Å². The zero-order chi connectivity index (χ0) is 25.8. The Morgan fingerprint density at radius 3 is 2.15 bits per heavy atom. The van der Waals surface area contributed by atoms with E-state index in [0.717, 1.165) is 15.5 Å². The number of hydrogen-bond donors (Lipinski definition) is 1. The summed E-state index contributed by atoms with van der Waals surface area (Å²) in [6, 6.07) is 8.99. The zero-order valence-corrected chi connectivity index (χ0v) is 21.9. The minimum Gasteiger partial charge on any atom is -0.350 e. The molecule has 186 valence electrons. The monoisotopic (exact) mass is 531 g/mol. The van der Waals surface area contributed by atoms with Crippen LogP contribution in [0.1, 0.15) is 33.3 Å². The first-order valence-electron chi connectivity index (χ1n) is 10.4. The van der Waals surface area contributed by atoms with Gasteiger partial charge in [0.15, 0.2) is 0 Å². The Balaban J connectivity index is 2.45. The second-order valence-electron chi connectivity index (χ2n) is 8.93. The average Bonchev–Trinajstić information content (AvgIpc) is 2.67. The van der Waals surface area contributed by atoms with Crippen molar-refractivity contribution >= 4 is 50.7 Å². The molecule has 0 aliphatic carbocycles. The van der Waals surface area contributed by atoms with Crippen LogP contribution in [0.4, 0.5) is 10.1 Å². The fourth-order valence-corrected chi connectivity index (χ4v) is 4.51. The summed E-state index contributed by atoms with van der Waals surface area (Å²) < 4.78 is 40.3. The van der Waals surface area contributed by atoms with Crippen molar-refractivity contribution in [2.24, 2.45) is 0 Å². The van der Waals surface area contributed by atoms with Crippen LogP contribution in [0.3, 0.4) is 0 Å². The van der Waals surface area contributed by atoms with Gasteiger partial charge in [-0.3, -0.25) is 13.9 Å². The lowest BCUT2D eigenvalue weighted by atomic mass is 10.1. The third-order valence-corrected chi connectivity index (χ3v) is 6.36. The third kappa shape index (κ3) is 7.85. The maximum atomic E-state index is 14.4. The summed E-state index contributed by atoms with van der Waals surface area (Å²) in [6.45, 7) is 5.98. The topological polar surface area (TPSA) is 86.8 Å². The average molecular weight is 532 g/mol. The van der Waals surface area contributed by atoms with Crippen LogP contribution in [-0.4, -0.2) is 49.5 Å². The molecule has 2 amide bonds. The molecule has 1 atom stereocenters. The number of amides is 2. The summed E-state index contributed by atoms with van der Waals surface area (Å²) in [4.78, 5) is 27.4. The van der Waals surface area contributed by atoms with Crippen molar-refractivity contribution in [2.75, 3.05) is 17.1 Å². The minimum atomic E-state index is -3.94. The second kappa shape index (κ2) is 10.9. The van der Waals surface area contributed by atoms with Crippen molar-refractivity contribution in [2.45, 2.75) is 45.8 Å². The molecule has 7 nitrogen and oxygen atoms in total. The molecule has 0 aliphatic heterocycles. The first-order valence-corrected chi connectivity index (χ1v) is 13.0. The normalized spacial score (nSPS) is 12.7. The quantitative estimate of drug-likeness (QED) is 0.552. The molecule has 1 N–H and O–H groups in total. The van der Waals surface area contributed by atoms with Gasteiger partial charge < -0.3 is 10.2 Å². The fraction of sp³-hybridized carbons (Fsp3) is 0.391. The van der Waals surface area contributed by atoms with Gasteiger partial charge in [0.1, 0.15) is 18.4 Å². The predicted octanol–water partition coefficient (Wildman–Crippen LogP) is 4.23. The summed E-state index contributed by atoms with van der Waals surface area (Å²) in [5.41, 5.74) is -0.303. The predicted molar refractivity (Wildman–Crippen MR) is 133 cm³/mol. The molecule has 11 heteroatoms. The second-order valence-corrected chi connectivity index (χ2v) is 11.7. The van der Waals surface area contributed by atoms with E-state index in [1.807, 2.05) is 0 Å². The molecule has 34 heavy (non-hydrogen) atoms. The van der Waals surface area contributed by atoms with E-state index in [1.165, 1.54) is 43.3 Å². The molecule has 0 radical (unpaired) electrons. The number of nitrogens with zero attached hydrogens (tertiary/aromatic N) is 2. The highest BCUT2D eigenvalue weighted by atomic mass is 35.5. The Kier molecular flexibility index (Phi) is 8.96. The number of halogens is 3. The molecule has 0 aromatic heterocycles. The number of rotatable bonds is 8. The van der Waals surface area contributed by atoms with E-state index in [1.54, 1.807) is 26.8 Å². The van der Waals surface area contributed by atoms with Gasteiger partial charge in [-0.25, -0.2) is 12.8 Å². The van der Waals surface area contributed by atoms with Crippen molar-refractivity contribution in [1.29, 1.82) is 0 Å². The highest BCUT2D eigenvalue weighted by Gasteiger charge is 2.32. The lowest BCUT2D eigenvalue weighted by Crippen LogP contribution is -2.54.